The SMILES string of the molecule is Cc1ccc(CSCCNC(=O)CCc2ncc(-c3ccccc3Cl)o2)cc1. The largest absolute Gasteiger partial charge is 0.441 e. The van der Waals surface area contributed by atoms with Crippen LogP contribution in [0.3, 0.4) is 0 Å². The molecule has 0 aliphatic heterocycles. The Kier molecular flexibility index (Phi) is 7.57. The molecule has 4 nitrogen and oxygen atoms in total. The summed E-state index contributed by atoms with van der Waals surface area (Å²) >= 11 is 7.98. The summed E-state index contributed by atoms with van der Waals surface area (Å²) in [6.45, 7) is 2.74. The van der Waals surface area contributed by atoms with E-state index in [2.05, 4.69) is 41.5 Å². The predicted octanol–water partition coefficient (Wildman–Crippen LogP) is 5.29. The van der Waals surface area contributed by atoms with Gasteiger partial charge in [-0.1, -0.05) is 53.6 Å². The molecule has 0 saturated carbocycles. The molecule has 0 spiro atoms. The van der Waals surface area contributed by atoms with Gasteiger partial charge >= 0.3 is 0 Å². The molecular formula is C22H23ClN2O2S. The molecule has 0 aliphatic carbocycles. The highest BCUT2D eigenvalue weighted by atomic mass is 35.5. The van der Waals surface area contributed by atoms with E-state index in [9.17, 15) is 4.79 Å². The minimum atomic E-state index is 0.00781. The normalized spacial score (nSPS) is 10.8. The van der Waals surface area contributed by atoms with Crippen molar-refractivity contribution in [2.45, 2.75) is 25.5 Å². The van der Waals surface area contributed by atoms with Crippen LogP contribution in [0.25, 0.3) is 11.3 Å². The van der Waals surface area contributed by atoms with Gasteiger partial charge in [-0.2, -0.15) is 11.8 Å². The molecule has 2 aromatic carbocycles. The van der Waals surface area contributed by atoms with Crippen molar-refractivity contribution in [1.29, 1.82) is 0 Å². The van der Waals surface area contributed by atoms with Crippen LogP contribution in [-0.2, 0) is 17.0 Å². The lowest BCUT2D eigenvalue weighted by Crippen LogP contribution is -2.25. The van der Waals surface area contributed by atoms with Gasteiger partial charge in [0, 0.05) is 36.5 Å². The van der Waals surface area contributed by atoms with Crippen molar-refractivity contribution in [3.05, 3.63) is 76.8 Å². The molecule has 1 aromatic heterocycles. The first-order valence-electron chi connectivity index (χ1n) is 9.21. The molecule has 3 rings (SSSR count). The maximum atomic E-state index is 12.0. The van der Waals surface area contributed by atoms with Gasteiger partial charge in [0.1, 0.15) is 0 Å². The zero-order valence-corrected chi connectivity index (χ0v) is 17.4. The van der Waals surface area contributed by atoms with Gasteiger partial charge in [-0.05, 0) is 24.6 Å². The molecule has 146 valence electrons. The predicted molar refractivity (Wildman–Crippen MR) is 116 cm³/mol. The maximum absolute atomic E-state index is 12.0. The number of nitrogens with one attached hydrogen (secondary N) is 1. The van der Waals surface area contributed by atoms with Crippen LogP contribution < -0.4 is 5.32 Å². The first kappa shape index (κ1) is 20.5. The standard InChI is InChI=1S/C22H23ClN2O2S/c1-16-6-8-17(9-7-16)15-28-13-12-24-21(26)10-11-22-25-14-20(27-22)18-4-2-3-5-19(18)23/h2-9,14H,10-13,15H2,1H3,(H,24,26). The summed E-state index contributed by atoms with van der Waals surface area (Å²) in [6, 6.07) is 16.0. The molecular weight excluding hydrogens is 392 g/mol. The topological polar surface area (TPSA) is 55.1 Å². The lowest BCUT2D eigenvalue weighted by Gasteiger charge is -2.05. The lowest BCUT2D eigenvalue weighted by atomic mass is 10.2. The van der Waals surface area contributed by atoms with E-state index in [4.69, 9.17) is 16.0 Å². The van der Waals surface area contributed by atoms with E-state index in [1.54, 1.807) is 6.20 Å². The molecule has 1 heterocycles. The highest BCUT2D eigenvalue weighted by Crippen LogP contribution is 2.28. The average molecular weight is 415 g/mol. The number of benzene rings is 2. The van der Waals surface area contributed by atoms with Crippen molar-refractivity contribution in [1.82, 2.24) is 10.3 Å². The number of nitrogens with zero attached hydrogens (tertiary/aromatic N) is 1. The summed E-state index contributed by atoms with van der Waals surface area (Å²) in [4.78, 5) is 16.3. The van der Waals surface area contributed by atoms with Gasteiger partial charge in [-0.3, -0.25) is 4.79 Å². The van der Waals surface area contributed by atoms with Crippen LogP contribution in [0.1, 0.15) is 23.4 Å². The van der Waals surface area contributed by atoms with E-state index in [1.807, 2.05) is 36.0 Å². The van der Waals surface area contributed by atoms with Crippen molar-refractivity contribution in [3.63, 3.8) is 0 Å². The number of carbonyl (C=O) groups excluding carboxylic acids is 1. The molecule has 0 atom stereocenters. The maximum Gasteiger partial charge on any atom is 0.220 e. The summed E-state index contributed by atoms with van der Waals surface area (Å²) < 4.78 is 5.72. The Balaban J connectivity index is 1.34. The Hall–Kier alpha value is -2.24. The molecule has 3 aromatic rings. The molecule has 0 aliphatic rings. The molecule has 0 saturated heterocycles. The number of oxazole rings is 1. The van der Waals surface area contributed by atoms with Crippen molar-refractivity contribution in [2.75, 3.05) is 12.3 Å². The van der Waals surface area contributed by atoms with Crippen LogP contribution in [-0.4, -0.2) is 23.2 Å². The van der Waals surface area contributed by atoms with E-state index < -0.39 is 0 Å². The summed E-state index contributed by atoms with van der Waals surface area (Å²) in [5.41, 5.74) is 3.38. The minimum absolute atomic E-state index is 0.00781. The van der Waals surface area contributed by atoms with E-state index in [-0.39, 0.29) is 5.91 Å². The fourth-order valence-corrected chi connectivity index (χ4v) is 3.70. The van der Waals surface area contributed by atoms with Gasteiger partial charge in [0.25, 0.3) is 0 Å². The fraction of sp³-hybridized carbons (Fsp3) is 0.273. The fourth-order valence-electron chi connectivity index (χ4n) is 2.66. The van der Waals surface area contributed by atoms with E-state index >= 15 is 0 Å². The zero-order chi connectivity index (χ0) is 19.8. The van der Waals surface area contributed by atoms with Crippen LogP contribution >= 0.6 is 23.4 Å². The molecule has 0 radical (unpaired) electrons. The Morgan fingerprint density at radius 2 is 1.96 bits per heavy atom. The Morgan fingerprint density at radius 3 is 2.75 bits per heavy atom. The quantitative estimate of drug-likeness (QED) is 0.483. The lowest BCUT2D eigenvalue weighted by molar-refractivity contribution is -0.121. The van der Waals surface area contributed by atoms with Gasteiger partial charge in [0.2, 0.25) is 5.91 Å². The van der Waals surface area contributed by atoms with Crippen LogP contribution in [0.2, 0.25) is 5.02 Å². The molecule has 1 N–H and O–H groups in total. The molecule has 0 fully saturated rings. The second kappa shape index (κ2) is 10.3. The van der Waals surface area contributed by atoms with Crippen LogP contribution in [0.4, 0.5) is 0 Å². The van der Waals surface area contributed by atoms with Gasteiger partial charge in [-0.15, -0.1) is 0 Å². The second-order valence-corrected chi connectivity index (χ2v) is 8.00. The zero-order valence-electron chi connectivity index (χ0n) is 15.8. The van der Waals surface area contributed by atoms with Gasteiger partial charge < -0.3 is 9.73 Å². The number of thioether (sulfide) groups is 1. The molecule has 0 unspecified atom stereocenters. The van der Waals surface area contributed by atoms with E-state index in [0.717, 1.165) is 17.1 Å². The first-order valence-corrected chi connectivity index (χ1v) is 10.7. The number of aryl methyl sites for hydroxylation is 2. The number of halogens is 1. The molecule has 6 heteroatoms. The summed E-state index contributed by atoms with van der Waals surface area (Å²) in [5, 5.41) is 3.56. The molecule has 1 amide bonds. The van der Waals surface area contributed by atoms with Crippen LogP contribution in [0.5, 0.6) is 0 Å². The van der Waals surface area contributed by atoms with Crippen molar-refractivity contribution < 1.29 is 9.21 Å². The average Bonchev–Trinajstić information content (AvgIpc) is 3.17. The number of hydrogen-bond acceptors (Lipinski definition) is 4. The van der Waals surface area contributed by atoms with Crippen molar-refractivity contribution >= 4 is 29.3 Å². The molecule has 28 heavy (non-hydrogen) atoms. The van der Waals surface area contributed by atoms with E-state index in [1.165, 1.54) is 11.1 Å². The Labute approximate surface area is 174 Å². The number of carbonyl (C=O) groups is 1. The van der Waals surface area contributed by atoms with Gasteiger partial charge in [0.15, 0.2) is 11.7 Å². The molecule has 0 bridgehead atoms. The summed E-state index contributed by atoms with van der Waals surface area (Å²) in [6.07, 6.45) is 2.47. The smallest absolute Gasteiger partial charge is 0.220 e. The van der Waals surface area contributed by atoms with Gasteiger partial charge in [-0.25, -0.2) is 4.98 Å². The van der Waals surface area contributed by atoms with Crippen molar-refractivity contribution in [2.24, 2.45) is 0 Å². The third-order valence-corrected chi connectivity index (χ3v) is 5.58. The Morgan fingerprint density at radius 1 is 1.18 bits per heavy atom. The number of rotatable bonds is 9. The number of aromatic nitrogens is 1. The number of hydrogen-bond donors (Lipinski definition) is 1. The monoisotopic (exact) mass is 414 g/mol. The van der Waals surface area contributed by atoms with Crippen molar-refractivity contribution in [3.8, 4) is 11.3 Å². The third kappa shape index (κ3) is 6.14. The first-order chi connectivity index (χ1) is 13.6. The van der Waals surface area contributed by atoms with Crippen LogP contribution in [0.15, 0.2) is 59.1 Å². The summed E-state index contributed by atoms with van der Waals surface area (Å²) in [7, 11) is 0. The Bertz CT molecular complexity index is 909. The highest BCUT2D eigenvalue weighted by molar-refractivity contribution is 7.98. The minimum Gasteiger partial charge on any atom is -0.441 e. The second-order valence-electron chi connectivity index (χ2n) is 6.49. The third-order valence-electron chi connectivity index (χ3n) is 4.22. The number of amides is 1. The van der Waals surface area contributed by atoms with Gasteiger partial charge in [0.05, 0.1) is 11.2 Å². The highest BCUT2D eigenvalue weighted by Gasteiger charge is 2.11. The summed E-state index contributed by atoms with van der Waals surface area (Å²) in [5.74, 6) is 3.01. The van der Waals surface area contributed by atoms with E-state index in [0.29, 0.717) is 36.1 Å². The van der Waals surface area contributed by atoms with Crippen LogP contribution in [0, 0.1) is 6.92 Å².